The number of carbonyl (C=O) groups excluding carboxylic acids is 3. The molecule has 3 atom stereocenters. The minimum atomic E-state index is -0.450. The summed E-state index contributed by atoms with van der Waals surface area (Å²) in [5, 5.41) is 7.57. The van der Waals surface area contributed by atoms with Crippen molar-refractivity contribution < 1.29 is 14.4 Å². The van der Waals surface area contributed by atoms with E-state index in [0.717, 1.165) is 6.42 Å². The summed E-state index contributed by atoms with van der Waals surface area (Å²) in [7, 11) is 0. The average Bonchev–Trinajstić information content (AvgIpc) is 3.14. The van der Waals surface area contributed by atoms with Crippen LogP contribution in [-0.2, 0) is 9.59 Å². The number of carbonyl (C=O) groups is 3. The predicted octanol–water partition coefficient (Wildman–Crippen LogP) is 0.746. The van der Waals surface area contributed by atoms with E-state index < -0.39 is 12.1 Å². The molecule has 2 fully saturated rings. The van der Waals surface area contributed by atoms with E-state index in [0.29, 0.717) is 24.3 Å². The maximum atomic E-state index is 12.4. The highest BCUT2D eigenvalue weighted by molar-refractivity contribution is 7.12. The summed E-state index contributed by atoms with van der Waals surface area (Å²) < 4.78 is 0. The molecule has 0 radical (unpaired) electrons. The average molecular weight is 321 g/mol. The van der Waals surface area contributed by atoms with Crippen molar-refractivity contribution in [1.82, 2.24) is 15.5 Å². The van der Waals surface area contributed by atoms with Crippen molar-refractivity contribution in [3.63, 3.8) is 0 Å². The highest BCUT2D eigenvalue weighted by Crippen LogP contribution is 2.24. The smallest absolute Gasteiger partial charge is 0.261 e. The van der Waals surface area contributed by atoms with E-state index in [1.54, 1.807) is 11.0 Å². The van der Waals surface area contributed by atoms with E-state index in [4.69, 9.17) is 0 Å². The number of piperazine rings is 1. The van der Waals surface area contributed by atoms with Crippen molar-refractivity contribution in [2.24, 2.45) is 0 Å². The monoisotopic (exact) mass is 321 g/mol. The molecule has 1 aromatic heterocycles. The Labute approximate surface area is 132 Å². The van der Waals surface area contributed by atoms with Crippen LogP contribution in [0.2, 0.25) is 0 Å². The van der Waals surface area contributed by atoms with Gasteiger partial charge in [-0.15, -0.1) is 11.3 Å². The number of fused-ring (bicyclic) bond motifs is 1. The van der Waals surface area contributed by atoms with Crippen LogP contribution in [0.15, 0.2) is 17.5 Å². The van der Waals surface area contributed by atoms with Gasteiger partial charge in [0.1, 0.15) is 12.1 Å². The number of nitrogens with one attached hydrogen (secondary N) is 2. The quantitative estimate of drug-likeness (QED) is 0.859. The molecule has 0 spiro atoms. The molecular formula is C15H19N3O3S. The minimum Gasteiger partial charge on any atom is -0.347 e. The van der Waals surface area contributed by atoms with Crippen LogP contribution in [0.3, 0.4) is 0 Å². The van der Waals surface area contributed by atoms with Gasteiger partial charge in [-0.3, -0.25) is 14.4 Å². The van der Waals surface area contributed by atoms with E-state index in [1.807, 2.05) is 18.4 Å². The van der Waals surface area contributed by atoms with Crippen LogP contribution >= 0.6 is 11.3 Å². The second-order valence-corrected chi connectivity index (χ2v) is 6.69. The van der Waals surface area contributed by atoms with Gasteiger partial charge in [0.05, 0.1) is 4.88 Å². The van der Waals surface area contributed by atoms with Gasteiger partial charge in [0.15, 0.2) is 0 Å². The highest BCUT2D eigenvalue weighted by atomic mass is 32.1. The molecule has 0 saturated carbocycles. The van der Waals surface area contributed by atoms with Crippen molar-refractivity contribution in [2.75, 3.05) is 6.54 Å². The Hall–Kier alpha value is -1.89. The van der Waals surface area contributed by atoms with E-state index >= 15 is 0 Å². The summed E-state index contributed by atoms with van der Waals surface area (Å²) in [6, 6.07) is 2.55. The van der Waals surface area contributed by atoms with Crippen LogP contribution in [0.25, 0.3) is 0 Å². The summed E-state index contributed by atoms with van der Waals surface area (Å²) in [5.74, 6) is -0.275. The number of rotatable bonds is 4. The fourth-order valence-electron chi connectivity index (χ4n) is 3.11. The van der Waals surface area contributed by atoms with Gasteiger partial charge < -0.3 is 15.5 Å². The topological polar surface area (TPSA) is 78.5 Å². The van der Waals surface area contributed by atoms with Crippen molar-refractivity contribution in [3.05, 3.63) is 22.4 Å². The number of amides is 3. The van der Waals surface area contributed by atoms with Gasteiger partial charge in [-0.1, -0.05) is 19.4 Å². The first-order chi connectivity index (χ1) is 10.6. The Bertz CT molecular complexity index is 587. The molecule has 3 heterocycles. The Morgan fingerprint density at radius 2 is 2.32 bits per heavy atom. The van der Waals surface area contributed by atoms with Crippen LogP contribution in [-0.4, -0.2) is 47.3 Å². The molecule has 0 bridgehead atoms. The first-order valence-electron chi connectivity index (χ1n) is 7.55. The standard InChI is InChI=1S/C15H19N3O3S/c1-2-4-10-15(21)18-8-9(7-11(18)13(19)17-10)16-14(20)12-5-3-6-22-12/h3,5-6,9-11H,2,4,7-8H2,1H3,(H,16,20)(H,17,19)/t9-,10-,11-/m0/s1. The molecule has 3 rings (SSSR count). The summed E-state index contributed by atoms with van der Waals surface area (Å²) >= 11 is 1.38. The lowest BCUT2D eigenvalue weighted by atomic mass is 10.0. The zero-order chi connectivity index (χ0) is 15.7. The molecular weight excluding hydrogens is 302 g/mol. The Kier molecular flexibility index (Phi) is 4.15. The molecule has 22 heavy (non-hydrogen) atoms. The van der Waals surface area contributed by atoms with Gasteiger partial charge in [-0.25, -0.2) is 0 Å². The maximum absolute atomic E-state index is 12.4. The van der Waals surface area contributed by atoms with Crippen molar-refractivity contribution >= 4 is 29.1 Å². The molecule has 0 unspecified atom stereocenters. The van der Waals surface area contributed by atoms with E-state index in [-0.39, 0.29) is 23.8 Å². The van der Waals surface area contributed by atoms with Crippen LogP contribution < -0.4 is 10.6 Å². The number of thiophene rings is 1. The first kappa shape index (κ1) is 15.0. The van der Waals surface area contributed by atoms with Crippen LogP contribution in [0, 0.1) is 0 Å². The van der Waals surface area contributed by atoms with Crippen molar-refractivity contribution in [2.45, 2.75) is 44.3 Å². The van der Waals surface area contributed by atoms with E-state index in [9.17, 15) is 14.4 Å². The SMILES string of the molecule is CCC[C@@H]1NC(=O)[C@@H]2C[C@H](NC(=O)c3cccs3)CN2C1=O. The number of nitrogens with zero attached hydrogens (tertiary/aromatic N) is 1. The molecule has 2 aliphatic rings. The highest BCUT2D eigenvalue weighted by Gasteiger charge is 2.46. The van der Waals surface area contributed by atoms with Gasteiger partial charge in [0, 0.05) is 12.6 Å². The Balaban J connectivity index is 1.66. The van der Waals surface area contributed by atoms with E-state index in [2.05, 4.69) is 10.6 Å². The molecule has 0 aliphatic carbocycles. The summed E-state index contributed by atoms with van der Waals surface area (Å²) in [6.45, 7) is 2.40. The third kappa shape index (κ3) is 2.72. The Morgan fingerprint density at radius 3 is 3.00 bits per heavy atom. The summed E-state index contributed by atoms with van der Waals surface area (Å²) in [5.41, 5.74) is 0. The minimum absolute atomic E-state index is 0.0284. The van der Waals surface area contributed by atoms with Gasteiger partial charge in [-0.05, 0) is 24.3 Å². The molecule has 2 saturated heterocycles. The first-order valence-corrected chi connectivity index (χ1v) is 8.43. The van der Waals surface area contributed by atoms with Gasteiger partial charge in [0.2, 0.25) is 11.8 Å². The normalized spacial score (nSPS) is 27.5. The molecule has 7 heteroatoms. The maximum Gasteiger partial charge on any atom is 0.261 e. The number of hydrogen-bond donors (Lipinski definition) is 2. The van der Waals surface area contributed by atoms with Gasteiger partial charge in [0.25, 0.3) is 5.91 Å². The largest absolute Gasteiger partial charge is 0.347 e. The lowest BCUT2D eigenvalue weighted by molar-refractivity contribution is -0.147. The lowest BCUT2D eigenvalue weighted by Crippen LogP contribution is -2.61. The van der Waals surface area contributed by atoms with Crippen LogP contribution in [0.4, 0.5) is 0 Å². The van der Waals surface area contributed by atoms with Crippen molar-refractivity contribution in [1.29, 1.82) is 0 Å². The number of hydrogen-bond acceptors (Lipinski definition) is 4. The zero-order valence-electron chi connectivity index (χ0n) is 12.4. The molecule has 2 N–H and O–H groups in total. The molecule has 1 aromatic rings. The molecule has 6 nitrogen and oxygen atoms in total. The fourth-order valence-corrected chi connectivity index (χ4v) is 3.74. The fraction of sp³-hybridized carbons (Fsp3) is 0.533. The summed E-state index contributed by atoms with van der Waals surface area (Å²) in [4.78, 5) is 38.9. The predicted molar refractivity (Wildman–Crippen MR) is 82.5 cm³/mol. The Morgan fingerprint density at radius 1 is 1.50 bits per heavy atom. The third-order valence-corrected chi connectivity index (χ3v) is 5.03. The molecule has 118 valence electrons. The summed E-state index contributed by atoms with van der Waals surface area (Å²) in [6.07, 6.45) is 1.97. The molecule has 2 aliphatic heterocycles. The van der Waals surface area contributed by atoms with Gasteiger partial charge >= 0.3 is 0 Å². The van der Waals surface area contributed by atoms with Crippen LogP contribution in [0.1, 0.15) is 35.9 Å². The zero-order valence-corrected chi connectivity index (χ0v) is 13.2. The molecule has 3 amide bonds. The van der Waals surface area contributed by atoms with Crippen LogP contribution in [0.5, 0.6) is 0 Å². The second kappa shape index (κ2) is 6.08. The van der Waals surface area contributed by atoms with E-state index in [1.165, 1.54) is 11.3 Å². The van der Waals surface area contributed by atoms with Gasteiger partial charge in [-0.2, -0.15) is 0 Å². The lowest BCUT2D eigenvalue weighted by Gasteiger charge is -2.34. The second-order valence-electron chi connectivity index (χ2n) is 5.74. The third-order valence-electron chi connectivity index (χ3n) is 4.16. The molecule has 0 aromatic carbocycles. The van der Waals surface area contributed by atoms with Crippen molar-refractivity contribution in [3.8, 4) is 0 Å².